The number of benzene rings is 1. The summed E-state index contributed by atoms with van der Waals surface area (Å²) in [6.07, 6.45) is 2.81. The molecule has 124 valence electrons. The topological polar surface area (TPSA) is 54.9 Å². The fraction of sp³-hybridized carbons (Fsp3) is 0.400. The molecule has 1 aromatic heterocycles. The monoisotopic (exact) mass is 387 g/mol. The van der Waals surface area contributed by atoms with Crippen LogP contribution in [0.3, 0.4) is 0 Å². The first-order valence-corrected chi connectivity index (χ1v) is 10.5. The lowest BCUT2D eigenvalue weighted by Gasteiger charge is -2.04. The van der Waals surface area contributed by atoms with E-state index in [1.165, 1.54) is 12.8 Å². The zero-order valence-corrected chi connectivity index (χ0v) is 16.0. The van der Waals surface area contributed by atoms with Crippen LogP contribution in [-0.4, -0.2) is 27.6 Å². The number of nitrogens with zero attached hydrogens (tertiary/aromatic N) is 2. The average Bonchev–Trinajstić information content (AvgIpc) is 2.95. The van der Waals surface area contributed by atoms with Crippen LogP contribution in [0.15, 0.2) is 32.9 Å². The van der Waals surface area contributed by atoms with Gasteiger partial charge in [-0.15, -0.1) is 10.2 Å². The molecule has 0 bridgehead atoms. The Labute approximate surface area is 153 Å². The summed E-state index contributed by atoms with van der Waals surface area (Å²) in [5, 5.41) is 11.8. The largest absolute Gasteiger partial charge is 0.326 e. The maximum atomic E-state index is 11.9. The molecule has 1 heterocycles. The molecule has 2 rings (SSSR count). The van der Waals surface area contributed by atoms with Crippen molar-refractivity contribution in [2.45, 2.75) is 34.9 Å². The van der Waals surface area contributed by atoms with E-state index in [9.17, 15) is 4.79 Å². The second-order valence-corrected chi connectivity index (χ2v) is 8.79. The van der Waals surface area contributed by atoms with E-state index in [0.717, 1.165) is 20.1 Å². The molecule has 0 aliphatic rings. The normalized spacial score (nSPS) is 10.7. The molecular formula is C15H18ClN3OS3. The lowest BCUT2D eigenvalue weighted by atomic mass is 10.3. The molecule has 2 aromatic rings. The Morgan fingerprint density at radius 2 is 2.00 bits per heavy atom. The van der Waals surface area contributed by atoms with Crippen molar-refractivity contribution in [2.75, 3.05) is 16.8 Å². The maximum absolute atomic E-state index is 11.9. The smallest absolute Gasteiger partial charge is 0.225 e. The van der Waals surface area contributed by atoms with E-state index in [-0.39, 0.29) is 5.91 Å². The van der Waals surface area contributed by atoms with Gasteiger partial charge in [-0.1, -0.05) is 65.9 Å². The van der Waals surface area contributed by atoms with Crippen LogP contribution in [0, 0.1) is 0 Å². The molecule has 23 heavy (non-hydrogen) atoms. The van der Waals surface area contributed by atoms with E-state index in [1.807, 2.05) is 12.1 Å². The minimum absolute atomic E-state index is 0.0261. The number of carbonyl (C=O) groups is 1. The van der Waals surface area contributed by atoms with Crippen molar-refractivity contribution in [2.24, 2.45) is 0 Å². The van der Waals surface area contributed by atoms with Gasteiger partial charge in [0, 0.05) is 28.6 Å². The van der Waals surface area contributed by atoms with Crippen LogP contribution < -0.4 is 5.32 Å². The van der Waals surface area contributed by atoms with Crippen LogP contribution in [0.2, 0.25) is 5.02 Å². The average molecular weight is 388 g/mol. The van der Waals surface area contributed by atoms with E-state index < -0.39 is 0 Å². The van der Waals surface area contributed by atoms with Crippen molar-refractivity contribution >= 4 is 58.1 Å². The minimum Gasteiger partial charge on any atom is -0.326 e. The number of amides is 1. The number of carbonyl (C=O) groups excluding carboxylic acids is 1. The van der Waals surface area contributed by atoms with Gasteiger partial charge in [0.2, 0.25) is 5.91 Å². The highest BCUT2D eigenvalue weighted by Crippen LogP contribution is 2.29. The van der Waals surface area contributed by atoms with E-state index >= 15 is 0 Å². The van der Waals surface area contributed by atoms with Gasteiger partial charge in [0.1, 0.15) is 0 Å². The molecule has 0 fully saturated rings. The van der Waals surface area contributed by atoms with Crippen molar-refractivity contribution < 1.29 is 4.79 Å². The molecule has 0 saturated carbocycles. The van der Waals surface area contributed by atoms with E-state index in [1.54, 1.807) is 47.0 Å². The third-order valence-electron chi connectivity index (χ3n) is 2.77. The van der Waals surface area contributed by atoms with Crippen LogP contribution >= 0.6 is 46.5 Å². The van der Waals surface area contributed by atoms with Gasteiger partial charge >= 0.3 is 0 Å². The third-order valence-corrected chi connectivity index (χ3v) is 6.29. The molecule has 0 unspecified atom stereocenters. The summed E-state index contributed by atoms with van der Waals surface area (Å²) in [5.74, 6) is 1.74. The molecule has 0 radical (unpaired) electrons. The van der Waals surface area contributed by atoms with Crippen molar-refractivity contribution in [3.05, 3.63) is 29.3 Å². The molecule has 1 aromatic carbocycles. The summed E-state index contributed by atoms with van der Waals surface area (Å²) >= 11 is 10.8. The summed E-state index contributed by atoms with van der Waals surface area (Å²) in [6.45, 7) is 2.18. The predicted molar refractivity (Wildman–Crippen MR) is 101 cm³/mol. The summed E-state index contributed by atoms with van der Waals surface area (Å²) in [7, 11) is 0. The molecule has 0 atom stereocenters. The van der Waals surface area contributed by atoms with Gasteiger partial charge in [0.15, 0.2) is 8.68 Å². The maximum Gasteiger partial charge on any atom is 0.225 e. The molecule has 1 N–H and O–H groups in total. The fourth-order valence-corrected chi connectivity index (χ4v) is 5.01. The van der Waals surface area contributed by atoms with Crippen molar-refractivity contribution in [1.82, 2.24) is 10.2 Å². The number of hydrogen-bond acceptors (Lipinski definition) is 6. The second-order valence-electron chi connectivity index (χ2n) is 4.69. The highest BCUT2D eigenvalue weighted by atomic mass is 35.5. The molecule has 0 aliphatic carbocycles. The van der Waals surface area contributed by atoms with Gasteiger partial charge in [-0.2, -0.15) is 0 Å². The van der Waals surface area contributed by atoms with Crippen molar-refractivity contribution in [1.29, 1.82) is 0 Å². The quantitative estimate of drug-likeness (QED) is 0.473. The summed E-state index contributed by atoms with van der Waals surface area (Å²) in [4.78, 5) is 11.9. The van der Waals surface area contributed by atoms with Crippen molar-refractivity contribution in [3.8, 4) is 0 Å². The molecule has 0 aliphatic heterocycles. The fourth-order valence-electron chi connectivity index (χ4n) is 1.64. The predicted octanol–water partition coefficient (Wildman–Crippen LogP) is 5.20. The molecular weight excluding hydrogens is 370 g/mol. The van der Waals surface area contributed by atoms with E-state index in [2.05, 4.69) is 22.4 Å². The molecule has 0 spiro atoms. The number of rotatable bonds is 9. The number of thioether (sulfide) groups is 2. The van der Waals surface area contributed by atoms with Gasteiger partial charge in [-0.05, 0) is 24.6 Å². The zero-order valence-electron chi connectivity index (χ0n) is 12.8. The minimum atomic E-state index is -0.0261. The standard InChI is InChI=1S/C15H18ClN3OS3/c1-2-3-8-21-14-18-19-15(23-14)22-9-7-13(20)17-12-6-4-5-11(16)10-12/h4-6,10H,2-3,7-9H2,1H3,(H,17,20). The molecule has 4 nitrogen and oxygen atoms in total. The molecule has 0 saturated heterocycles. The number of anilines is 1. The SMILES string of the molecule is CCCCSc1nnc(SCCC(=O)Nc2cccc(Cl)c2)s1. The Hall–Kier alpha value is -0.760. The Balaban J connectivity index is 1.69. The van der Waals surface area contributed by atoms with Crippen LogP contribution in [0.4, 0.5) is 5.69 Å². The van der Waals surface area contributed by atoms with Crippen LogP contribution in [0.5, 0.6) is 0 Å². The summed E-state index contributed by atoms with van der Waals surface area (Å²) < 4.78 is 1.92. The molecule has 1 amide bonds. The number of hydrogen-bond donors (Lipinski definition) is 1. The number of halogens is 1. The van der Waals surface area contributed by atoms with Crippen LogP contribution in [-0.2, 0) is 4.79 Å². The van der Waals surface area contributed by atoms with Crippen molar-refractivity contribution in [3.63, 3.8) is 0 Å². The Bertz CT molecular complexity index is 636. The van der Waals surface area contributed by atoms with Gasteiger partial charge in [-0.3, -0.25) is 4.79 Å². The first kappa shape index (κ1) is 18.6. The first-order chi connectivity index (χ1) is 11.2. The Kier molecular flexibility index (Phi) is 8.22. The third kappa shape index (κ3) is 7.12. The second kappa shape index (κ2) is 10.2. The van der Waals surface area contributed by atoms with E-state index in [4.69, 9.17) is 11.6 Å². The number of unbranched alkanes of at least 4 members (excludes halogenated alkanes) is 1. The summed E-state index contributed by atoms with van der Waals surface area (Å²) in [6, 6.07) is 7.14. The van der Waals surface area contributed by atoms with Gasteiger partial charge < -0.3 is 5.32 Å². The number of nitrogens with one attached hydrogen (secondary N) is 1. The first-order valence-electron chi connectivity index (χ1n) is 7.32. The van der Waals surface area contributed by atoms with E-state index in [0.29, 0.717) is 17.2 Å². The lowest BCUT2D eigenvalue weighted by Crippen LogP contribution is -2.11. The number of aromatic nitrogens is 2. The van der Waals surface area contributed by atoms with Gasteiger partial charge in [0.05, 0.1) is 0 Å². The zero-order chi connectivity index (χ0) is 16.5. The highest BCUT2D eigenvalue weighted by Gasteiger charge is 2.07. The lowest BCUT2D eigenvalue weighted by molar-refractivity contribution is -0.115. The van der Waals surface area contributed by atoms with Gasteiger partial charge in [0.25, 0.3) is 0 Å². The summed E-state index contributed by atoms with van der Waals surface area (Å²) in [5.41, 5.74) is 0.720. The van der Waals surface area contributed by atoms with Crippen LogP contribution in [0.25, 0.3) is 0 Å². The Morgan fingerprint density at radius 1 is 1.26 bits per heavy atom. The molecule has 8 heteroatoms. The highest BCUT2D eigenvalue weighted by molar-refractivity contribution is 8.03. The van der Waals surface area contributed by atoms with Gasteiger partial charge in [-0.25, -0.2) is 0 Å². The Morgan fingerprint density at radius 3 is 2.70 bits per heavy atom. The van der Waals surface area contributed by atoms with Crippen LogP contribution in [0.1, 0.15) is 26.2 Å².